The maximum atomic E-state index is 12.7. The summed E-state index contributed by atoms with van der Waals surface area (Å²) < 4.78 is 44.4. The van der Waals surface area contributed by atoms with Gasteiger partial charge in [0.15, 0.2) is 0 Å². The first-order chi connectivity index (χ1) is 11.4. The summed E-state index contributed by atoms with van der Waals surface area (Å²) >= 11 is 0. The van der Waals surface area contributed by atoms with Crippen molar-refractivity contribution in [3.63, 3.8) is 0 Å². The van der Waals surface area contributed by atoms with Gasteiger partial charge in [0.2, 0.25) is 0 Å². The highest BCUT2D eigenvalue weighted by Crippen LogP contribution is 2.32. The number of rotatable bonds is 3. The van der Waals surface area contributed by atoms with E-state index in [2.05, 4.69) is 15.2 Å². The predicted molar refractivity (Wildman–Crippen MR) is 80.1 cm³/mol. The first-order valence-electron chi connectivity index (χ1n) is 7.44. The molecule has 0 fully saturated rings. The van der Waals surface area contributed by atoms with Crippen LogP contribution in [0.1, 0.15) is 16.8 Å². The van der Waals surface area contributed by atoms with Gasteiger partial charge in [0, 0.05) is 36.3 Å². The third kappa shape index (κ3) is 3.14. The van der Waals surface area contributed by atoms with Crippen LogP contribution in [0.25, 0.3) is 11.3 Å². The Bertz CT molecular complexity index is 751. The maximum absolute atomic E-state index is 12.7. The molecule has 2 aromatic rings. The van der Waals surface area contributed by atoms with Crippen molar-refractivity contribution in [3.05, 3.63) is 41.1 Å². The first-order valence-corrected chi connectivity index (χ1v) is 7.44. The van der Waals surface area contributed by atoms with Crippen molar-refractivity contribution in [3.8, 4) is 11.3 Å². The highest BCUT2D eigenvalue weighted by Gasteiger charge is 2.30. The zero-order chi connectivity index (χ0) is 17.3. The van der Waals surface area contributed by atoms with Crippen molar-refractivity contribution >= 4 is 5.97 Å². The highest BCUT2D eigenvalue weighted by molar-refractivity contribution is 5.70. The van der Waals surface area contributed by atoms with Gasteiger partial charge in [0.1, 0.15) is 6.54 Å². The van der Waals surface area contributed by atoms with Crippen molar-refractivity contribution in [1.29, 1.82) is 0 Å². The number of benzene rings is 1. The average Bonchev–Trinajstić information content (AvgIpc) is 2.93. The number of esters is 1. The lowest BCUT2D eigenvalue weighted by Gasteiger charge is -2.15. The number of hydrogen-bond acceptors (Lipinski definition) is 4. The quantitative estimate of drug-likeness (QED) is 0.873. The Morgan fingerprint density at radius 2 is 2.04 bits per heavy atom. The number of nitrogens with one attached hydrogen (secondary N) is 1. The van der Waals surface area contributed by atoms with Crippen LogP contribution in [0.4, 0.5) is 13.2 Å². The molecule has 2 heterocycles. The second kappa shape index (κ2) is 6.27. The van der Waals surface area contributed by atoms with Crippen LogP contribution in [0.3, 0.4) is 0 Å². The number of carbonyl (C=O) groups is 1. The van der Waals surface area contributed by atoms with Gasteiger partial charge in [-0.25, -0.2) is 0 Å². The lowest BCUT2D eigenvalue weighted by Crippen LogP contribution is -2.26. The van der Waals surface area contributed by atoms with Gasteiger partial charge in [-0.2, -0.15) is 18.3 Å². The molecule has 1 aromatic heterocycles. The molecule has 0 amide bonds. The number of nitrogens with zero attached hydrogens (tertiary/aromatic N) is 2. The Hall–Kier alpha value is -2.35. The zero-order valence-electron chi connectivity index (χ0n) is 13.0. The number of fused-ring (bicyclic) bond motifs is 1. The fourth-order valence-electron chi connectivity index (χ4n) is 2.79. The molecule has 1 aromatic carbocycles. The molecule has 24 heavy (non-hydrogen) atoms. The number of alkyl halides is 3. The van der Waals surface area contributed by atoms with Gasteiger partial charge in [-0.1, -0.05) is 12.1 Å². The third-order valence-electron chi connectivity index (χ3n) is 4.00. The minimum absolute atomic E-state index is 0.0144. The first kappa shape index (κ1) is 16.5. The van der Waals surface area contributed by atoms with E-state index >= 15 is 0 Å². The molecule has 1 aliphatic rings. The van der Waals surface area contributed by atoms with Crippen LogP contribution < -0.4 is 5.32 Å². The Balaban J connectivity index is 2.00. The summed E-state index contributed by atoms with van der Waals surface area (Å²) in [6, 6.07) is 4.89. The lowest BCUT2D eigenvalue weighted by atomic mass is 10.0. The summed E-state index contributed by atoms with van der Waals surface area (Å²) in [5.74, 6) is -0.419. The number of carbonyl (C=O) groups excluding carboxylic acids is 1. The van der Waals surface area contributed by atoms with E-state index in [4.69, 9.17) is 0 Å². The smallest absolute Gasteiger partial charge is 0.416 e. The molecule has 0 saturated carbocycles. The molecule has 0 radical (unpaired) electrons. The summed E-state index contributed by atoms with van der Waals surface area (Å²) in [4.78, 5) is 11.5. The number of ether oxygens (including phenoxy) is 1. The van der Waals surface area contributed by atoms with E-state index < -0.39 is 17.7 Å². The number of methoxy groups -OCH3 is 1. The van der Waals surface area contributed by atoms with Gasteiger partial charge < -0.3 is 10.1 Å². The SMILES string of the molecule is COC(=O)Cn1nc(-c2ccc(C(F)(F)F)cc2)c2c1CCNC2. The van der Waals surface area contributed by atoms with E-state index in [1.165, 1.54) is 19.2 Å². The van der Waals surface area contributed by atoms with Gasteiger partial charge in [-0.3, -0.25) is 9.48 Å². The molecular formula is C16H16F3N3O2. The van der Waals surface area contributed by atoms with Crippen LogP contribution in [0.5, 0.6) is 0 Å². The van der Waals surface area contributed by atoms with Crippen LogP contribution in [0.2, 0.25) is 0 Å². The van der Waals surface area contributed by atoms with E-state index in [9.17, 15) is 18.0 Å². The van der Waals surface area contributed by atoms with Crippen LogP contribution in [-0.2, 0) is 35.2 Å². The van der Waals surface area contributed by atoms with Crippen molar-refractivity contribution in [2.75, 3.05) is 13.7 Å². The van der Waals surface area contributed by atoms with E-state index in [1.54, 1.807) is 4.68 Å². The minimum Gasteiger partial charge on any atom is -0.468 e. The number of halogens is 3. The second-order valence-electron chi connectivity index (χ2n) is 5.51. The number of aromatic nitrogens is 2. The van der Waals surface area contributed by atoms with Crippen LogP contribution in [0.15, 0.2) is 24.3 Å². The minimum atomic E-state index is -4.37. The van der Waals surface area contributed by atoms with Gasteiger partial charge >= 0.3 is 12.1 Å². The van der Waals surface area contributed by atoms with Crippen LogP contribution in [-0.4, -0.2) is 29.4 Å². The standard InChI is InChI=1S/C16H16F3N3O2/c1-24-14(23)9-22-13-6-7-20-8-12(13)15(21-22)10-2-4-11(5-3-10)16(17,18)19/h2-5,20H,6-9H2,1H3. The Kier molecular flexibility index (Phi) is 4.31. The average molecular weight is 339 g/mol. The topological polar surface area (TPSA) is 56.2 Å². The Morgan fingerprint density at radius 1 is 1.33 bits per heavy atom. The van der Waals surface area contributed by atoms with Gasteiger partial charge in [-0.15, -0.1) is 0 Å². The van der Waals surface area contributed by atoms with E-state index in [0.29, 0.717) is 24.2 Å². The molecule has 0 atom stereocenters. The predicted octanol–water partition coefficient (Wildman–Crippen LogP) is 2.39. The summed E-state index contributed by atoms with van der Waals surface area (Å²) in [5.41, 5.74) is 2.30. The Labute approximate surface area is 136 Å². The zero-order valence-corrected chi connectivity index (χ0v) is 13.0. The van der Waals surface area contributed by atoms with Crippen molar-refractivity contribution in [2.24, 2.45) is 0 Å². The summed E-state index contributed by atoms with van der Waals surface area (Å²) in [7, 11) is 1.30. The summed E-state index contributed by atoms with van der Waals surface area (Å²) in [5, 5.41) is 7.65. The molecule has 5 nitrogen and oxygen atoms in total. The molecule has 8 heteroatoms. The van der Waals surface area contributed by atoms with Crippen molar-refractivity contribution in [1.82, 2.24) is 15.1 Å². The molecule has 1 N–H and O–H groups in total. The van der Waals surface area contributed by atoms with Gasteiger partial charge in [0.25, 0.3) is 0 Å². The fourth-order valence-corrected chi connectivity index (χ4v) is 2.79. The van der Waals surface area contributed by atoms with E-state index in [0.717, 1.165) is 29.9 Å². The molecule has 0 bridgehead atoms. The van der Waals surface area contributed by atoms with Crippen molar-refractivity contribution in [2.45, 2.75) is 25.7 Å². The largest absolute Gasteiger partial charge is 0.468 e. The second-order valence-corrected chi connectivity index (χ2v) is 5.51. The van der Waals surface area contributed by atoms with Gasteiger partial charge in [0.05, 0.1) is 18.4 Å². The monoisotopic (exact) mass is 339 g/mol. The highest BCUT2D eigenvalue weighted by atomic mass is 19.4. The molecule has 0 saturated heterocycles. The summed E-state index contributed by atoms with van der Waals surface area (Å²) in [6.07, 6.45) is -3.68. The molecule has 128 valence electrons. The van der Waals surface area contributed by atoms with Gasteiger partial charge in [-0.05, 0) is 12.1 Å². The van der Waals surface area contributed by atoms with E-state index in [1.807, 2.05) is 0 Å². The normalized spacial score (nSPS) is 14.3. The molecule has 1 aliphatic heterocycles. The van der Waals surface area contributed by atoms with E-state index in [-0.39, 0.29) is 6.54 Å². The Morgan fingerprint density at radius 3 is 2.67 bits per heavy atom. The molecule has 3 rings (SSSR count). The molecule has 0 unspecified atom stereocenters. The van der Waals surface area contributed by atoms with Crippen LogP contribution >= 0.6 is 0 Å². The molecule has 0 aliphatic carbocycles. The third-order valence-corrected chi connectivity index (χ3v) is 4.00. The molecule has 0 spiro atoms. The maximum Gasteiger partial charge on any atom is 0.416 e. The summed E-state index contributed by atoms with van der Waals surface area (Å²) in [6.45, 7) is 1.30. The lowest BCUT2D eigenvalue weighted by molar-refractivity contribution is -0.141. The number of hydrogen-bond donors (Lipinski definition) is 1. The fraction of sp³-hybridized carbons (Fsp3) is 0.375. The van der Waals surface area contributed by atoms with Crippen LogP contribution in [0, 0.1) is 0 Å². The molecular weight excluding hydrogens is 323 g/mol. The van der Waals surface area contributed by atoms with Crippen molar-refractivity contribution < 1.29 is 22.7 Å².